The zero-order valence-corrected chi connectivity index (χ0v) is 15.3. The number of hydrogen-bond donors (Lipinski definition) is 0. The maximum Gasteiger partial charge on any atom is 0.332 e. The van der Waals surface area contributed by atoms with Crippen LogP contribution in [0.4, 0.5) is 11.6 Å². The standard InChI is InChI=1S/C18H21N5O3/c1-11-9-22(12-5-7-13(26-4)8-6-12)17-19-15-14(23(17)10-11)16(24)21(3)18(25)20(15)2/h5-8,11H,9-10H2,1-4H3/t11-/m1/s1. The fourth-order valence-corrected chi connectivity index (χ4v) is 3.56. The summed E-state index contributed by atoms with van der Waals surface area (Å²) in [5.74, 6) is 1.79. The lowest BCUT2D eigenvalue weighted by molar-refractivity contribution is 0.414. The molecular formula is C18H21N5O3. The van der Waals surface area contributed by atoms with Crippen LogP contribution in [0.25, 0.3) is 11.2 Å². The van der Waals surface area contributed by atoms with Gasteiger partial charge in [0.25, 0.3) is 5.56 Å². The second-order valence-electron chi connectivity index (χ2n) is 6.81. The first kappa shape index (κ1) is 16.4. The second-order valence-corrected chi connectivity index (χ2v) is 6.81. The third-order valence-electron chi connectivity index (χ3n) is 4.94. The summed E-state index contributed by atoms with van der Waals surface area (Å²) < 4.78 is 9.72. The zero-order chi connectivity index (χ0) is 18.6. The van der Waals surface area contributed by atoms with Crippen LogP contribution in [0.1, 0.15) is 6.92 Å². The Kier molecular flexibility index (Phi) is 3.64. The summed E-state index contributed by atoms with van der Waals surface area (Å²) in [5, 5.41) is 0. The van der Waals surface area contributed by atoms with E-state index in [4.69, 9.17) is 4.74 Å². The lowest BCUT2D eigenvalue weighted by atomic mass is 10.1. The van der Waals surface area contributed by atoms with E-state index in [0.29, 0.717) is 29.6 Å². The zero-order valence-electron chi connectivity index (χ0n) is 15.3. The van der Waals surface area contributed by atoms with Crippen molar-refractivity contribution in [1.82, 2.24) is 18.7 Å². The van der Waals surface area contributed by atoms with E-state index in [0.717, 1.165) is 22.5 Å². The summed E-state index contributed by atoms with van der Waals surface area (Å²) in [6, 6.07) is 7.74. The van der Waals surface area contributed by atoms with Gasteiger partial charge in [0.1, 0.15) is 5.75 Å². The SMILES string of the molecule is COc1ccc(N2C[C@@H](C)Cn3c2nc2c3c(=O)n(C)c(=O)n2C)cc1. The van der Waals surface area contributed by atoms with E-state index in [1.807, 2.05) is 28.8 Å². The molecule has 0 amide bonds. The van der Waals surface area contributed by atoms with Gasteiger partial charge in [-0.2, -0.15) is 4.98 Å². The monoisotopic (exact) mass is 355 g/mol. The van der Waals surface area contributed by atoms with Crippen molar-refractivity contribution in [3.05, 3.63) is 45.1 Å². The Morgan fingerprint density at radius 2 is 1.77 bits per heavy atom. The average Bonchev–Trinajstić information content (AvgIpc) is 3.03. The molecule has 0 bridgehead atoms. The lowest BCUT2D eigenvalue weighted by Gasteiger charge is -2.33. The van der Waals surface area contributed by atoms with Crippen molar-refractivity contribution in [3.8, 4) is 5.75 Å². The van der Waals surface area contributed by atoms with E-state index in [1.165, 1.54) is 11.6 Å². The molecule has 0 aliphatic carbocycles. The molecule has 0 spiro atoms. The molecule has 0 saturated heterocycles. The fourth-order valence-electron chi connectivity index (χ4n) is 3.56. The molecule has 136 valence electrons. The molecule has 2 aromatic heterocycles. The summed E-state index contributed by atoms with van der Waals surface area (Å²) >= 11 is 0. The minimum Gasteiger partial charge on any atom is -0.497 e. The molecule has 1 atom stereocenters. The Balaban J connectivity index is 1.98. The molecular weight excluding hydrogens is 334 g/mol. The fraction of sp³-hybridized carbons (Fsp3) is 0.389. The van der Waals surface area contributed by atoms with Crippen LogP contribution in [0, 0.1) is 5.92 Å². The van der Waals surface area contributed by atoms with Crippen LogP contribution >= 0.6 is 0 Å². The number of imidazole rings is 1. The first-order valence-electron chi connectivity index (χ1n) is 8.50. The molecule has 0 unspecified atom stereocenters. The molecule has 0 N–H and O–H groups in total. The number of benzene rings is 1. The number of fused-ring (bicyclic) bond motifs is 3. The third kappa shape index (κ3) is 2.25. The number of nitrogens with zero attached hydrogens (tertiary/aromatic N) is 5. The minimum absolute atomic E-state index is 0.314. The summed E-state index contributed by atoms with van der Waals surface area (Å²) in [6.45, 7) is 3.60. The van der Waals surface area contributed by atoms with Crippen molar-refractivity contribution in [2.24, 2.45) is 20.0 Å². The molecule has 8 nitrogen and oxygen atoms in total. The predicted molar refractivity (Wildman–Crippen MR) is 99.4 cm³/mol. The molecule has 26 heavy (non-hydrogen) atoms. The van der Waals surface area contributed by atoms with Gasteiger partial charge in [-0.1, -0.05) is 6.92 Å². The van der Waals surface area contributed by atoms with Crippen molar-refractivity contribution in [2.75, 3.05) is 18.6 Å². The van der Waals surface area contributed by atoms with Gasteiger partial charge >= 0.3 is 5.69 Å². The van der Waals surface area contributed by atoms with E-state index in [-0.39, 0.29) is 11.2 Å². The number of hydrogen-bond acceptors (Lipinski definition) is 5. The molecule has 8 heteroatoms. The van der Waals surface area contributed by atoms with E-state index < -0.39 is 0 Å². The minimum atomic E-state index is -0.373. The Hall–Kier alpha value is -3.03. The van der Waals surface area contributed by atoms with Gasteiger partial charge in [0.15, 0.2) is 11.2 Å². The van der Waals surface area contributed by atoms with Gasteiger partial charge in [-0.25, -0.2) is 4.79 Å². The van der Waals surface area contributed by atoms with Crippen LogP contribution in [0.5, 0.6) is 5.75 Å². The molecule has 1 aliphatic heterocycles. The Morgan fingerprint density at radius 1 is 1.08 bits per heavy atom. The largest absolute Gasteiger partial charge is 0.497 e. The van der Waals surface area contributed by atoms with Crippen LogP contribution < -0.4 is 20.9 Å². The molecule has 4 rings (SSSR count). The first-order chi connectivity index (χ1) is 12.4. The molecule has 3 heterocycles. The second kappa shape index (κ2) is 5.76. The van der Waals surface area contributed by atoms with E-state index in [2.05, 4.69) is 16.8 Å². The summed E-state index contributed by atoms with van der Waals surface area (Å²) in [5.41, 5.74) is 1.17. The summed E-state index contributed by atoms with van der Waals surface area (Å²) in [7, 11) is 4.77. The predicted octanol–water partition coefficient (Wildman–Crippen LogP) is 1.23. The van der Waals surface area contributed by atoms with Crippen molar-refractivity contribution in [2.45, 2.75) is 13.5 Å². The number of aryl methyl sites for hydroxylation is 1. The van der Waals surface area contributed by atoms with Gasteiger partial charge in [0, 0.05) is 32.9 Å². The Morgan fingerprint density at radius 3 is 2.42 bits per heavy atom. The summed E-state index contributed by atoms with van der Waals surface area (Å²) in [4.78, 5) is 31.7. The topological polar surface area (TPSA) is 74.3 Å². The van der Waals surface area contributed by atoms with Crippen LogP contribution in [-0.4, -0.2) is 32.3 Å². The third-order valence-corrected chi connectivity index (χ3v) is 4.94. The van der Waals surface area contributed by atoms with Gasteiger partial charge in [0.05, 0.1) is 7.11 Å². The molecule has 1 aromatic carbocycles. The molecule has 1 aliphatic rings. The van der Waals surface area contributed by atoms with Crippen molar-refractivity contribution in [3.63, 3.8) is 0 Å². The maximum absolute atomic E-state index is 12.7. The number of aromatic nitrogens is 4. The number of methoxy groups -OCH3 is 1. The van der Waals surface area contributed by atoms with Gasteiger partial charge in [0.2, 0.25) is 5.95 Å². The van der Waals surface area contributed by atoms with Crippen molar-refractivity contribution >= 4 is 22.8 Å². The lowest BCUT2D eigenvalue weighted by Crippen LogP contribution is -2.38. The number of anilines is 2. The average molecular weight is 355 g/mol. The van der Waals surface area contributed by atoms with Crippen LogP contribution in [0.15, 0.2) is 33.9 Å². The highest BCUT2D eigenvalue weighted by atomic mass is 16.5. The number of rotatable bonds is 2. The normalized spacial score (nSPS) is 16.8. The highest BCUT2D eigenvalue weighted by Gasteiger charge is 2.29. The van der Waals surface area contributed by atoms with Gasteiger partial charge in [-0.15, -0.1) is 0 Å². The molecule has 0 fully saturated rings. The van der Waals surface area contributed by atoms with Gasteiger partial charge < -0.3 is 14.2 Å². The maximum atomic E-state index is 12.7. The van der Waals surface area contributed by atoms with E-state index >= 15 is 0 Å². The smallest absolute Gasteiger partial charge is 0.332 e. The van der Waals surface area contributed by atoms with Gasteiger partial charge in [-0.05, 0) is 30.2 Å². The van der Waals surface area contributed by atoms with Crippen molar-refractivity contribution in [1.29, 1.82) is 0 Å². The Bertz CT molecular complexity index is 1110. The van der Waals surface area contributed by atoms with E-state index in [1.54, 1.807) is 14.2 Å². The van der Waals surface area contributed by atoms with Crippen LogP contribution in [0.2, 0.25) is 0 Å². The van der Waals surface area contributed by atoms with Crippen molar-refractivity contribution < 1.29 is 4.74 Å². The number of ether oxygens (including phenoxy) is 1. The first-order valence-corrected chi connectivity index (χ1v) is 8.50. The van der Waals surface area contributed by atoms with Crippen LogP contribution in [0.3, 0.4) is 0 Å². The highest BCUT2D eigenvalue weighted by Crippen LogP contribution is 2.33. The van der Waals surface area contributed by atoms with Gasteiger partial charge in [-0.3, -0.25) is 13.9 Å². The molecule has 0 saturated carbocycles. The summed E-state index contributed by atoms with van der Waals surface area (Å²) in [6.07, 6.45) is 0. The van der Waals surface area contributed by atoms with Crippen LogP contribution in [-0.2, 0) is 20.6 Å². The molecule has 0 radical (unpaired) electrons. The Labute approximate surface area is 149 Å². The highest BCUT2D eigenvalue weighted by molar-refractivity contribution is 5.77. The van der Waals surface area contributed by atoms with E-state index in [9.17, 15) is 9.59 Å². The molecule has 3 aromatic rings. The quantitative estimate of drug-likeness (QED) is 0.691.